The van der Waals surface area contributed by atoms with E-state index in [-0.39, 0.29) is 0 Å². The van der Waals surface area contributed by atoms with Gasteiger partial charge in [0.25, 0.3) is 0 Å². The molecule has 1 saturated heterocycles. The Morgan fingerprint density at radius 3 is 2.55 bits per heavy atom. The highest BCUT2D eigenvalue weighted by atomic mass is 16.7. The molecule has 0 saturated carbocycles. The van der Waals surface area contributed by atoms with Gasteiger partial charge in [0, 0.05) is 0 Å². The molecule has 2 rings (SSSR count). The van der Waals surface area contributed by atoms with Gasteiger partial charge in [-0.05, 0) is 30.0 Å². The number of aliphatic hydroxyl groups excluding tert-OH is 3. The summed E-state index contributed by atoms with van der Waals surface area (Å²) in [6.45, 7) is 5.39. The monoisotopic (exact) mass is 310 g/mol. The lowest BCUT2D eigenvalue weighted by Crippen LogP contribution is -2.57. The summed E-state index contributed by atoms with van der Waals surface area (Å²) in [5, 5.41) is 28.7. The Bertz CT molecular complexity index is 541. The third-order valence-corrected chi connectivity index (χ3v) is 3.80. The van der Waals surface area contributed by atoms with Gasteiger partial charge in [-0.25, -0.2) is 0 Å². The van der Waals surface area contributed by atoms with Crippen LogP contribution in [0.15, 0.2) is 18.2 Å². The van der Waals surface area contributed by atoms with Crippen LogP contribution in [0.5, 0.6) is 5.75 Å². The predicted octanol–water partition coefficient (Wildman–Crippen LogP) is 0.505. The average molecular weight is 310 g/mol. The van der Waals surface area contributed by atoms with E-state index < -0.39 is 37.0 Å². The highest BCUT2D eigenvalue weighted by molar-refractivity contribution is 5.88. The lowest BCUT2D eigenvalue weighted by Gasteiger charge is -2.35. The number of aliphatic hydroxyl groups is 3. The van der Waals surface area contributed by atoms with E-state index in [9.17, 15) is 15.0 Å². The number of hydrogen-bond donors (Lipinski definition) is 3. The van der Waals surface area contributed by atoms with Crippen LogP contribution in [0.1, 0.15) is 30.9 Å². The van der Waals surface area contributed by atoms with Gasteiger partial charge >= 0.3 is 0 Å². The Balaban J connectivity index is 2.22. The van der Waals surface area contributed by atoms with Crippen molar-refractivity contribution in [1.82, 2.24) is 0 Å². The van der Waals surface area contributed by atoms with Crippen LogP contribution in [0.2, 0.25) is 0 Å². The van der Waals surface area contributed by atoms with Crippen LogP contribution in [0.3, 0.4) is 0 Å². The molecule has 0 unspecified atom stereocenters. The molecule has 6 nitrogen and oxygen atoms in total. The molecule has 1 aromatic rings. The second kappa shape index (κ2) is 6.75. The summed E-state index contributed by atoms with van der Waals surface area (Å²) >= 11 is 0. The number of aryl methyl sites for hydroxylation is 1. The van der Waals surface area contributed by atoms with E-state index >= 15 is 0 Å². The molecule has 22 heavy (non-hydrogen) atoms. The second-order valence-electron chi connectivity index (χ2n) is 5.82. The highest BCUT2D eigenvalue weighted by Gasteiger charge is 2.44. The summed E-state index contributed by atoms with van der Waals surface area (Å²) in [7, 11) is 0. The molecular formula is C16H22O6. The molecule has 1 heterocycles. The van der Waals surface area contributed by atoms with Gasteiger partial charge in [-0.1, -0.05) is 26.0 Å². The Labute approximate surface area is 129 Å². The van der Waals surface area contributed by atoms with Gasteiger partial charge in [-0.15, -0.1) is 0 Å². The molecule has 0 bridgehead atoms. The molecule has 0 aromatic heterocycles. The first-order valence-electron chi connectivity index (χ1n) is 7.28. The van der Waals surface area contributed by atoms with Crippen LogP contribution >= 0.6 is 0 Å². The van der Waals surface area contributed by atoms with E-state index in [1.165, 1.54) is 0 Å². The normalized spacial score (nSPS) is 29.0. The minimum atomic E-state index is -1.60. The zero-order valence-electron chi connectivity index (χ0n) is 12.9. The fourth-order valence-electron chi connectivity index (χ4n) is 2.28. The van der Waals surface area contributed by atoms with Crippen molar-refractivity contribution in [3.63, 3.8) is 0 Å². The van der Waals surface area contributed by atoms with E-state index in [4.69, 9.17) is 14.6 Å². The standard InChI is InChI=1S/C16H22O6/c1-8(2)10-5-4-9(3)11(6-10)21-16-15(20)14(19)13(18)12(7-17)22-16/h4-6,8,12-13,15-18,20H,7H2,1-3H3/t12-,13-,15-,16-/m1/s1. The van der Waals surface area contributed by atoms with E-state index in [1.54, 1.807) is 0 Å². The summed E-state index contributed by atoms with van der Waals surface area (Å²) in [6.07, 6.45) is -5.51. The molecule has 1 aromatic carbocycles. The lowest BCUT2D eigenvalue weighted by atomic mass is 10.0. The van der Waals surface area contributed by atoms with Gasteiger partial charge in [0.1, 0.15) is 18.0 Å². The van der Waals surface area contributed by atoms with Gasteiger partial charge < -0.3 is 24.8 Å². The number of hydrogen-bond acceptors (Lipinski definition) is 6. The van der Waals surface area contributed by atoms with Crippen LogP contribution in [-0.4, -0.2) is 52.3 Å². The molecule has 0 aliphatic carbocycles. The van der Waals surface area contributed by atoms with Crippen molar-refractivity contribution in [1.29, 1.82) is 0 Å². The molecule has 0 spiro atoms. The maximum absolute atomic E-state index is 11.8. The summed E-state index contributed by atoms with van der Waals surface area (Å²) < 4.78 is 10.9. The maximum Gasteiger partial charge on any atom is 0.233 e. The van der Waals surface area contributed by atoms with Crippen molar-refractivity contribution in [2.75, 3.05) is 6.61 Å². The largest absolute Gasteiger partial charge is 0.461 e. The molecular weight excluding hydrogens is 288 g/mol. The molecule has 1 aliphatic heterocycles. The van der Waals surface area contributed by atoms with Crippen LogP contribution in [0.4, 0.5) is 0 Å². The van der Waals surface area contributed by atoms with E-state index in [0.29, 0.717) is 11.7 Å². The SMILES string of the molecule is Cc1ccc(C(C)C)cc1O[C@@H]1O[C@H](CO)[C@@H](O)C(=O)[C@H]1O. The maximum atomic E-state index is 11.8. The van der Waals surface area contributed by atoms with E-state index in [1.807, 2.05) is 39.0 Å². The summed E-state index contributed by atoms with van der Waals surface area (Å²) in [4.78, 5) is 11.8. The van der Waals surface area contributed by atoms with Crippen LogP contribution in [0.25, 0.3) is 0 Å². The first-order valence-corrected chi connectivity index (χ1v) is 7.28. The van der Waals surface area contributed by atoms with E-state index in [0.717, 1.165) is 11.1 Å². The molecule has 1 fully saturated rings. The van der Waals surface area contributed by atoms with Gasteiger partial charge in [0.2, 0.25) is 6.29 Å². The third kappa shape index (κ3) is 3.30. The number of carbonyl (C=O) groups is 1. The smallest absolute Gasteiger partial charge is 0.233 e. The number of ketones is 1. The second-order valence-corrected chi connectivity index (χ2v) is 5.82. The fraction of sp³-hybridized carbons (Fsp3) is 0.562. The minimum Gasteiger partial charge on any atom is -0.461 e. The van der Waals surface area contributed by atoms with Gasteiger partial charge in [-0.3, -0.25) is 4.79 Å². The number of benzene rings is 1. The van der Waals surface area contributed by atoms with Crippen molar-refractivity contribution >= 4 is 5.78 Å². The molecule has 0 amide bonds. The Kier molecular flexibility index (Phi) is 5.18. The Morgan fingerprint density at radius 1 is 1.27 bits per heavy atom. The van der Waals surface area contributed by atoms with Crippen molar-refractivity contribution in [3.05, 3.63) is 29.3 Å². The fourth-order valence-corrected chi connectivity index (χ4v) is 2.28. The van der Waals surface area contributed by atoms with Crippen LogP contribution in [0, 0.1) is 6.92 Å². The van der Waals surface area contributed by atoms with Crippen LogP contribution < -0.4 is 4.74 Å². The van der Waals surface area contributed by atoms with Crippen molar-refractivity contribution in [2.45, 2.75) is 51.3 Å². The van der Waals surface area contributed by atoms with Crippen molar-refractivity contribution in [2.24, 2.45) is 0 Å². The molecule has 4 atom stereocenters. The molecule has 3 N–H and O–H groups in total. The van der Waals surface area contributed by atoms with Crippen molar-refractivity contribution in [3.8, 4) is 5.75 Å². The predicted molar refractivity (Wildman–Crippen MR) is 78.7 cm³/mol. The Hall–Kier alpha value is -1.47. The summed E-state index contributed by atoms with van der Waals surface area (Å²) in [5.74, 6) is -0.0158. The van der Waals surface area contributed by atoms with Gasteiger partial charge in [0.15, 0.2) is 11.9 Å². The molecule has 122 valence electrons. The summed E-state index contributed by atoms with van der Waals surface area (Å²) in [5.41, 5.74) is 1.88. The quantitative estimate of drug-likeness (QED) is 0.750. The number of carbonyl (C=O) groups excluding carboxylic acids is 1. The number of rotatable bonds is 4. The first kappa shape index (κ1) is 16.9. The third-order valence-electron chi connectivity index (χ3n) is 3.80. The van der Waals surface area contributed by atoms with Crippen molar-refractivity contribution < 1.29 is 29.6 Å². The lowest BCUT2D eigenvalue weighted by molar-refractivity contribution is -0.229. The Morgan fingerprint density at radius 2 is 1.95 bits per heavy atom. The zero-order valence-corrected chi connectivity index (χ0v) is 12.9. The average Bonchev–Trinajstić information content (AvgIpc) is 2.49. The topological polar surface area (TPSA) is 96.2 Å². The molecule has 6 heteroatoms. The number of Topliss-reactive ketones (excluding diaryl/α,β-unsaturated/α-hetero) is 1. The highest BCUT2D eigenvalue weighted by Crippen LogP contribution is 2.28. The number of ether oxygens (including phenoxy) is 2. The summed E-state index contributed by atoms with van der Waals surface area (Å²) in [6, 6.07) is 5.70. The van der Waals surface area contributed by atoms with Gasteiger partial charge in [0.05, 0.1) is 6.61 Å². The van der Waals surface area contributed by atoms with Gasteiger partial charge in [-0.2, -0.15) is 0 Å². The van der Waals surface area contributed by atoms with Crippen LogP contribution in [-0.2, 0) is 9.53 Å². The molecule has 0 radical (unpaired) electrons. The minimum absolute atomic E-state index is 0.300. The van der Waals surface area contributed by atoms with E-state index in [2.05, 4.69) is 0 Å². The first-order chi connectivity index (χ1) is 10.3. The molecule has 1 aliphatic rings. The zero-order chi connectivity index (χ0) is 16.4.